The zero-order valence-corrected chi connectivity index (χ0v) is 20.3. The van der Waals surface area contributed by atoms with Crippen molar-refractivity contribution in [1.29, 1.82) is 0 Å². The first-order valence-electron chi connectivity index (χ1n) is 11.0. The molecular weight excluding hydrogens is 497 g/mol. The molecule has 14 heteroatoms. The molecule has 3 N–H and O–H groups in total. The van der Waals surface area contributed by atoms with Crippen molar-refractivity contribution in [1.82, 2.24) is 19.3 Å². The Morgan fingerprint density at radius 1 is 1.33 bits per heavy atom. The second kappa shape index (κ2) is 10.8. The van der Waals surface area contributed by atoms with Gasteiger partial charge in [0.1, 0.15) is 48.7 Å². The quantitative estimate of drug-likeness (QED) is 0.310. The molecule has 1 aliphatic carbocycles. The molecule has 0 aliphatic heterocycles. The highest BCUT2D eigenvalue weighted by Gasteiger charge is 2.46. The summed E-state index contributed by atoms with van der Waals surface area (Å²) in [5, 5.41) is 12.9. The standard InChI is InChI=1S/C22H26FN5O7S/c1-24-36(31,32)35-18-7-17(19(23)21(18)30)27-22-16(8-25-12-26-22)20(29)13-5-6-28(9-13)10-14-3-4-15(34-14)11-33-2/h3-6,8-9,12,17-19,21,24,30H,7,10-11H2,1-2H3,(H,25,26,27)/t17-,18-,19-,21-/m1/s1. The summed E-state index contributed by atoms with van der Waals surface area (Å²) < 4.78 is 57.3. The van der Waals surface area contributed by atoms with E-state index in [1.54, 1.807) is 30.1 Å². The number of furan rings is 1. The molecule has 12 nitrogen and oxygen atoms in total. The van der Waals surface area contributed by atoms with Crippen molar-refractivity contribution in [2.24, 2.45) is 0 Å². The summed E-state index contributed by atoms with van der Waals surface area (Å²) in [5.41, 5.74) is 0.436. The van der Waals surface area contributed by atoms with Crippen molar-refractivity contribution >= 4 is 21.9 Å². The van der Waals surface area contributed by atoms with E-state index in [0.717, 1.165) is 7.05 Å². The number of alkyl halides is 1. The van der Waals surface area contributed by atoms with Crippen LogP contribution in [0.5, 0.6) is 0 Å². The number of nitrogens with zero attached hydrogens (tertiary/aromatic N) is 3. The van der Waals surface area contributed by atoms with Gasteiger partial charge in [-0.25, -0.2) is 14.4 Å². The third kappa shape index (κ3) is 5.79. The number of halogens is 1. The smallest absolute Gasteiger partial charge is 0.335 e. The van der Waals surface area contributed by atoms with Gasteiger partial charge in [-0.05, 0) is 18.2 Å². The number of ketones is 1. The van der Waals surface area contributed by atoms with Crippen molar-refractivity contribution in [3.8, 4) is 0 Å². The van der Waals surface area contributed by atoms with Gasteiger partial charge in [-0.1, -0.05) is 0 Å². The number of rotatable bonds is 11. The molecule has 1 fully saturated rings. The largest absolute Gasteiger partial charge is 0.462 e. The molecule has 1 aliphatic rings. The lowest BCUT2D eigenvalue weighted by atomic mass is 10.1. The zero-order valence-electron chi connectivity index (χ0n) is 19.5. The monoisotopic (exact) mass is 523 g/mol. The summed E-state index contributed by atoms with van der Waals surface area (Å²) in [6, 6.07) is 4.21. The van der Waals surface area contributed by atoms with E-state index in [9.17, 15) is 22.7 Å². The number of hydrogen-bond donors (Lipinski definition) is 3. The number of methoxy groups -OCH3 is 1. The van der Waals surface area contributed by atoms with Gasteiger partial charge in [0.25, 0.3) is 0 Å². The Kier molecular flexibility index (Phi) is 7.80. The van der Waals surface area contributed by atoms with Crippen molar-refractivity contribution in [2.75, 3.05) is 19.5 Å². The molecule has 3 aromatic heterocycles. The summed E-state index contributed by atoms with van der Waals surface area (Å²) >= 11 is 0. The average molecular weight is 524 g/mol. The molecule has 0 amide bonds. The molecule has 4 atom stereocenters. The topological polar surface area (TPSA) is 158 Å². The van der Waals surface area contributed by atoms with Crippen LogP contribution in [0.4, 0.5) is 10.2 Å². The molecule has 3 heterocycles. The highest BCUT2D eigenvalue weighted by Crippen LogP contribution is 2.30. The third-order valence-electron chi connectivity index (χ3n) is 5.71. The fourth-order valence-corrected chi connectivity index (χ4v) is 4.54. The number of aliphatic hydroxyl groups excluding tert-OH is 1. The van der Waals surface area contributed by atoms with Crippen LogP contribution in [0.15, 0.2) is 47.5 Å². The van der Waals surface area contributed by atoms with E-state index in [-0.39, 0.29) is 17.8 Å². The fraction of sp³-hybridized carbons (Fsp3) is 0.409. The normalized spacial score (nSPS) is 22.1. The van der Waals surface area contributed by atoms with Gasteiger partial charge in [0.05, 0.1) is 18.2 Å². The first-order valence-corrected chi connectivity index (χ1v) is 12.4. The Balaban J connectivity index is 1.47. The van der Waals surface area contributed by atoms with Gasteiger partial charge in [-0.15, -0.1) is 0 Å². The van der Waals surface area contributed by atoms with Crippen molar-refractivity contribution in [3.63, 3.8) is 0 Å². The first kappa shape index (κ1) is 25.9. The van der Waals surface area contributed by atoms with E-state index in [1.807, 2.05) is 16.9 Å². The van der Waals surface area contributed by atoms with E-state index in [0.29, 0.717) is 30.2 Å². The third-order valence-corrected chi connectivity index (χ3v) is 6.71. The summed E-state index contributed by atoms with van der Waals surface area (Å²) in [7, 11) is -1.42. The molecular formula is C22H26FN5O7S. The second-order valence-electron chi connectivity index (χ2n) is 8.20. The molecule has 1 saturated carbocycles. The van der Waals surface area contributed by atoms with E-state index in [2.05, 4.69) is 15.3 Å². The van der Waals surface area contributed by atoms with Crippen LogP contribution in [0, 0.1) is 0 Å². The second-order valence-corrected chi connectivity index (χ2v) is 9.71. The molecule has 3 aromatic rings. The predicted octanol–water partition coefficient (Wildman–Crippen LogP) is 1.03. The summed E-state index contributed by atoms with van der Waals surface area (Å²) in [6.07, 6.45) is 0.817. The number of aromatic nitrogens is 3. The Bertz CT molecular complexity index is 1310. The van der Waals surface area contributed by atoms with Crippen molar-refractivity contribution in [2.45, 2.75) is 44.0 Å². The maximum absolute atomic E-state index is 14.8. The molecule has 0 spiro atoms. The average Bonchev–Trinajstić information content (AvgIpc) is 3.57. The number of carbonyl (C=O) groups excluding carboxylic acids is 1. The van der Waals surface area contributed by atoms with Crippen LogP contribution < -0.4 is 10.0 Å². The van der Waals surface area contributed by atoms with E-state index < -0.39 is 40.5 Å². The van der Waals surface area contributed by atoms with Gasteiger partial charge in [0.15, 0.2) is 5.78 Å². The minimum atomic E-state index is -4.13. The first-order chi connectivity index (χ1) is 17.2. The summed E-state index contributed by atoms with van der Waals surface area (Å²) in [6.45, 7) is 0.753. The summed E-state index contributed by atoms with van der Waals surface area (Å²) in [4.78, 5) is 21.2. The predicted molar refractivity (Wildman–Crippen MR) is 124 cm³/mol. The van der Waals surface area contributed by atoms with E-state index >= 15 is 0 Å². The van der Waals surface area contributed by atoms with Crippen molar-refractivity contribution < 1.29 is 36.0 Å². The van der Waals surface area contributed by atoms with Gasteiger partial charge in [-0.2, -0.15) is 13.1 Å². The number of carbonyl (C=O) groups is 1. The van der Waals surface area contributed by atoms with Gasteiger partial charge >= 0.3 is 10.3 Å². The molecule has 194 valence electrons. The molecule has 0 radical (unpaired) electrons. The number of aliphatic hydroxyl groups is 1. The lowest BCUT2D eigenvalue weighted by Gasteiger charge is -2.17. The highest BCUT2D eigenvalue weighted by molar-refractivity contribution is 7.84. The number of ether oxygens (including phenoxy) is 1. The Labute approximate surface area is 206 Å². The van der Waals surface area contributed by atoms with Crippen LogP contribution in [-0.2, 0) is 32.4 Å². The van der Waals surface area contributed by atoms with Gasteiger partial charge in [-0.3, -0.25) is 8.98 Å². The van der Waals surface area contributed by atoms with Gasteiger partial charge < -0.3 is 24.1 Å². The van der Waals surface area contributed by atoms with Crippen LogP contribution in [0.2, 0.25) is 0 Å². The molecule has 4 rings (SSSR count). The van der Waals surface area contributed by atoms with Crippen LogP contribution in [0.25, 0.3) is 0 Å². The number of hydrogen-bond acceptors (Lipinski definition) is 10. The number of anilines is 1. The number of nitrogens with one attached hydrogen (secondary N) is 2. The van der Waals surface area contributed by atoms with Crippen molar-refractivity contribution in [3.05, 3.63) is 65.8 Å². The van der Waals surface area contributed by atoms with E-state index in [1.165, 1.54) is 12.5 Å². The molecule has 0 unspecified atom stereocenters. The van der Waals surface area contributed by atoms with Gasteiger partial charge in [0.2, 0.25) is 0 Å². The molecule has 0 bridgehead atoms. The minimum Gasteiger partial charge on any atom is -0.462 e. The fourth-order valence-electron chi connectivity index (χ4n) is 3.93. The Morgan fingerprint density at radius 3 is 2.86 bits per heavy atom. The maximum atomic E-state index is 14.8. The maximum Gasteiger partial charge on any atom is 0.335 e. The molecule has 0 saturated heterocycles. The zero-order chi connectivity index (χ0) is 25.9. The summed E-state index contributed by atoms with van der Waals surface area (Å²) in [5.74, 6) is 1.02. The SMILES string of the molecule is CNS(=O)(=O)O[C@@H]1C[C@@H](Nc2ncncc2C(=O)c2ccn(Cc3ccc(COC)o3)c2)[C@@H](F)[C@@H]1O. The minimum absolute atomic E-state index is 0.0509. The van der Waals surface area contributed by atoms with Gasteiger partial charge in [0, 0.05) is 44.7 Å². The lowest BCUT2D eigenvalue weighted by molar-refractivity contribution is 0.0248. The Morgan fingerprint density at radius 2 is 2.11 bits per heavy atom. The molecule has 0 aromatic carbocycles. The van der Waals surface area contributed by atoms with Crippen LogP contribution >= 0.6 is 0 Å². The van der Waals surface area contributed by atoms with Crippen LogP contribution in [0.1, 0.15) is 33.9 Å². The highest BCUT2D eigenvalue weighted by atomic mass is 32.2. The molecule has 36 heavy (non-hydrogen) atoms. The Hall–Kier alpha value is -3.17. The van der Waals surface area contributed by atoms with Crippen LogP contribution in [0.3, 0.4) is 0 Å². The lowest BCUT2D eigenvalue weighted by Crippen LogP contribution is -2.35. The van der Waals surface area contributed by atoms with Crippen LogP contribution in [-0.4, -0.2) is 72.4 Å². The van der Waals surface area contributed by atoms with E-state index in [4.69, 9.17) is 13.3 Å².